The highest BCUT2D eigenvalue weighted by Crippen LogP contribution is 2.36. The Bertz CT molecular complexity index is 1260. The van der Waals surface area contributed by atoms with Crippen LogP contribution in [0.5, 0.6) is 0 Å². The average molecular weight is 474 g/mol. The number of benzene rings is 2. The number of nitrogens with zero attached hydrogens (tertiary/aromatic N) is 4. The monoisotopic (exact) mass is 473 g/mol. The lowest BCUT2D eigenvalue weighted by molar-refractivity contribution is -0.137. The largest absolute Gasteiger partial charge is 0.417 e. The van der Waals surface area contributed by atoms with Crippen LogP contribution in [0.2, 0.25) is 5.02 Å². The van der Waals surface area contributed by atoms with Crippen molar-refractivity contribution < 1.29 is 18.0 Å². The van der Waals surface area contributed by atoms with Crippen LogP contribution in [0.1, 0.15) is 5.56 Å². The summed E-state index contributed by atoms with van der Waals surface area (Å²) in [5.41, 5.74) is 0.0543. The molecule has 0 aliphatic heterocycles. The minimum absolute atomic E-state index is 0.0424. The molecule has 0 radical (unpaired) electrons. The van der Waals surface area contributed by atoms with E-state index >= 15 is 0 Å². The first kappa shape index (κ1) is 22.1. The molecule has 8 nitrogen and oxygen atoms in total. The van der Waals surface area contributed by atoms with Crippen LogP contribution in [0.3, 0.4) is 0 Å². The molecule has 0 aliphatic carbocycles. The van der Waals surface area contributed by atoms with Crippen LogP contribution in [0.4, 0.5) is 40.8 Å². The van der Waals surface area contributed by atoms with E-state index in [0.29, 0.717) is 23.0 Å². The SMILES string of the molecule is O=C(Nc1ccc(Nc2cc(-n3cccn3)ncn2)cc1)Nc1ccc(Cl)c(C(F)(F)F)c1. The van der Waals surface area contributed by atoms with Gasteiger partial charge in [-0.15, -0.1) is 0 Å². The van der Waals surface area contributed by atoms with Crippen molar-refractivity contribution in [3.8, 4) is 5.82 Å². The highest BCUT2D eigenvalue weighted by Gasteiger charge is 2.33. The van der Waals surface area contributed by atoms with Crippen molar-refractivity contribution in [3.05, 3.63) is 83.9 Å². The third-order valence-electron chi connectivity index (χ3n) is 4.34. The van der Waals surface area contributed by atoms with Gasteiger partial charge in [-0.2, -0.15) is 18.3 Å². The minimum atomic E-state index is -4.63. The number of nitrogens with one attached hydrogen (secondary N) is 3. The van der Waals surface area contributed by atoms with Gasteiger partial charge in [-0.25, -0.2) is 19.4 Å². The maximum atomic E-state index is 13.0. The quantitative estimate of drug-likeness (QED) is 0.344. The van der Waals surface area contributed by atoms with Crippen molar-refractivity contribution in [2.75, 3.05) is 16.0 Å². The second-order valence-electron chi connectivity index (χ2n) is 6.69. The summed E-state index contributed by atoms with van der Waals surface area (Å²) >= 11 is 5.59. The van der Waals surface area contributed by atoms with Crippen molar-refractivity contribution in [2.45, 2.75) is 6.18 Å². The number of hydrogen-bond donors (Lipinski definition) is 3. The zero-order chi connectivity index (χ0) is 23.4. The predicted molar refractivity (Wildman–Crippen MR) is 118 cm³/mol. The lowest BCUT2D eigenvalue weighted by atomic mass is 10.2. The fourth-order valence-electron chi connectivity index (χ4n) is 2.84. The fraction of sp³-hybridized carbons (Fsp3) is 0.0476. The van der Waals surface area contributed by atoms with Crippen molar-refractivity contribution >= 4 is 40.5 Å². The Morgan fingerprint density at radius 1 is 0.939 bits per heavy atom. The van der Waals surface area contributed by atoms with Crippen LogP contribution in [0.25, 0.3) is 5.82 Å². The Balaban J connectivity index is 1.38. The lowest BCUT2D eigenvalue weighted by Crippen LogP contribution is -2.19. The van der Waals surface area contributed by atoms with E-state index in [1.807, 2.05) is 0 Å². The first-order valence-corrected chi connectivity index (χ1v) is 9.80. The van der Waals surface area contributed by atoms with Gasteiger partial charge in [0.1, 0.15) is 12.1 Å². The molecular weight excluding hydrogens is 459 g/mol. The van der Waals surface area contributed by atoms with E-state index in [2.05, 4.69) is 31.0 Å². The number of alkyl halides is 3. The standard InChI is InChI=1S/C21H15ClF3N7O/c22-17-7-6-15(10-16(17)21(23,24)25)31-20(33)30-14-4-2-13(3-5-14)29-18-11-19(27-12-26-18)32-9-1-8-28-32/h1-12H,(H,26,27,29)(H2,30,31,33). The number of urea groups is 1. The van der Waals surface area contributed by atoms with E-state index < -0.39 is 22.8 Å². The smallest absolute Gasteiger partial charge is 0.340 e. The van der Waals surface area contributed by atoms with Gasteiger partial charge >= 0.3 is 12.2 Å². The molecule has 0 bridgehead atoms. The Labute approximate surface area is 190 Å². The summed E-state index contributed by atoms with van der Waals surface area (Å²) in [7, 11) is 0. The van der Waals surface area contributed by atoms with E-state index in [4.69, 9.17) is 11.6 Å². The van der Waals surface area contributed by atoms with Crippen LogP contribution in [-0.4, -0.2) is 25.8 Å². The molecule has 0 fully saturated rings. The molecule has 0 unspecified atom stereocenters. The minimum Gasteiger partial charge on any atom is -0.340 e. The summed E-state index contributed by atoms with van der Waals surface area (Å²) in [6.07, 6.45) is 0.169. The molecule has 0 atom stereocenters. The van der Waals surface area contributed by atoms with Crippen LogP contribution < -0.4 is 16.0 Å². The van der Waals surface area contributed by atoms with Gasteiger partial charge in [-0.3, -0.25) is 0 Å². The van der Waals surface area contributed by atoms with E-state index in [1.165, 1.54) is 12.4 Å². The first-order valence-electron chi connectivity index (χ1n) is 9.42. The van der Waals surface area contributed by atoms with Crippen molar-refractivity contribution in [1.29, 1.82) is 0 Å². The van der Waals surface area contributed by atoms with Crippen LogP contribution in [0, 0.1) is 0 Å². The molecule has 2 aromatic carbocycles. The van der Waals surface area contributed by atoms with E-state index in [-0.39, 0.29) is 5.69 Å². The van der Waals surface area contributed by atoms with Gasteiger partial charge in [0.25, 0.3) is 0 Å². The molecule has 2 amide bonds. The van der Waals surface area contributed by atoms with E-state index in [0.717, 1.165) is 12.1 Å². The number of rotatable bonds is 5. The number of aromatic nitrogens is 4. The zero-order valence-electron chi connectivity index (χ0n) is 16.6. The third kappa shape index (κ3) is 5.57. The topological polar surface area (TPSA) is 96.8 Å². The van der Waals surface area contributed by atoms with Gasteiger partial charge in [0, 0.05) is 35.5 Å². The molecule has 0 saturated carbocycles. The summed E-state index contributed by atoms with van der Waals surface area (Å²) in [4.78, 5) is 20.5. The molecule has 4 rings (SSSR count). The Morgan fingerprint density at radius 3 is 2.33 bits per heavy atom. The van der Waals surface area contributed by atoms with Gasteiger partial charge in [0.15, 0.2) is 5.82 Å². The van der Waals surface area contributed by atoms with Crippen molar-refractivity contribution in [2.24, 2.45) is 0 Å². The molecule has 3 N–H and O–H groups in total. The summed E-state index contributed by atoms with van der Waals surface area (Å²) in [6.45, 7) is 0. The maximum Gasteiger partial charge on any atom is 0.417 e. The second kappa shape index (κ2) is 9.17. The Morgan fingerprint density at radius 2 is 1.64 bits per heavy atom. The van der Waals surface area contributed by atoms with Crippen LogP contribution >= 0.6 is 11.6 Å². The summed E-state index contributed by atoms with van der Waals surface area (Å²) in [5.74, 6) is 1.13. The number of carbonyl (C=O) groups is 1. The molecule has 2 heterocycles. The zero-order valence-corrected chi connectivity index (χ0v) is 17.4. The molecule has 168 valence electrons. The lowest BCUT2D eigenvalue weighted by Gasteiger charge is -2.12. The summed E-state index contributed by atoms with van der Waals surface area (Å²) in [6, 6.07) is 12.6. The normalized spacial score (nSPS) is 11.2. The number of anilines is 4. The van der Waals surface area contributed by atoms with E-state index in [9.17, 15) is 18.0 Å². The number of hydrogen-bond acceptors (Lipinski definition) is 5. The maximum absolute atomic E-state index is 13.0. The van der Waals surface area contributed by atoms with Gasteiger partial charge in [0.2, 0.25) is 0 Å². The molecule has 4 aromatic rings. The Hall–Kier alpha value is -4.12. The number of carbonyl (C=O) groups excluding carboxylic acids is 1. The molecule has 12 heteroatoms. The van der Waals surface area contributed by atoms with Crippen molar-refractivity contribution in [1.82, 2.24) is 19.7 Å². The Kier molecular flexibility index (Phi) is 6.13. The van der Waals surface area contributed by atoms with Gasteiger partial charge in [0.05, 0.1) is 10.6 Å². The first-order chi connectivity index (χ1) is 15.8. The van der Waals surface area contributed by atoms with Gasteiger partial charge in [-0.1, -0.05) is 11.6 Å². The summed E-state index contributed by atoms with van der Waals surface area (Å²) in [5, 5.41) is 11.7. The molecule has 2 aromatic heterocycles. The predicted octanol–water partition coefficient (Wildman–Crippen LogP) is 5.72. The van der Waals surface area contributed by atoms with Crippen molar-refractivity contribution in [3.63, 3.8) is 0 Å². The number of amides is 2. The van der Waals surface area contributed by atoms with Crippen LogP contribution in [-0.2, 0) is 6.18 Å². The molecular formula is C21H15ClF3N7O. The second-order valence-corrected chi connectivity index (χ2v) is 7.09. The average Bonchev–Trinajstić information content (AvgIpc) is 3.31. The van der Waals surface area contributed by atoms with Gasteiger partial charge < -0.3 is 16.0 Å². The molecule has 0 spiro atoms. The third-order valence-corrected chi connectivity index (χ3v) is 4.67. The molecule has 0 saturated heterocycles. The fourth-order valence-corrected chi connectivity index (χ4v) is 3.07. The van der Waals surface area contributed by atoms with E-state index in [1.54, 1.807) is 53.5 Å². The highest BCUT2D eigenvalue weighted by atomic mass is 35.5. The van der Waals surface area contributed by atoms with Crippen LogP contribution in [0.15, 0.2) is 73.3 Å². The summed E-state index contributed by atoms with van der Waals surface area (Å²) < 4.78 is 40.5. The molecule has 0 aliphatic rings. The number of halogens is 4. The highest BCUT2D eigenvalue weighted by molar-refractivity contribution is 6.31. The van der Waals surface area contributed by atoms with Gasteiger partial charge in [-0.05, 0) is 48.5 Å². The molecule has 33 heavy (non-hydrogen) atoms.